The van der Waals surface area contributed by atoms with Crippen LogP contribution >= 0.6 is 0 Å². The second-order valence-electron chi connectivity index (χ2n) is 7.35. The summed E-state index contributed by atoms with van der Waals surface area (Å²) in [6.07, 6.45) is 0. The number of ether oxygens (including phenoxy) is 2. The number of aromatic nitrogens is 1. The van der Waals surface area contributed by atoms with E-state index in [9.17, 15) is 4.79 Å². The number of rotatable bonds is 8. The maximum atomic E-state index is 10.8. The van der Waals surface area contributed by atoms with Gasteiger partial charge in [-0.15, -0.1) is 0 Å². The molecule has 1 N–H and O–H groups in total. The summed E-state index contributed by atoms with van der Waals surface area (Å²) in [5.41, 5.74) is 6.77. The summed E-state index contributed by atoms with van der Waals surface area (Å²) in [5.74, 6) is 0.0586. The smallest absolute Gasteiger partial charge is 0.341 e. The molecule has 6 heteroatoms. The zero-order valence-electron chi connectivity index (χ0n) is 17.9. The fourth-order valence-electron chi connectivity index (χ4n) is 3.68. The Morgan fingerprint density at radius 3 is 2.47 bits per heavy atom. The molecule has 1 heterocycles. The molecule has 0 bridgehead atoms. The molecular formula is C26H23NO5. The van der Waals surface area contributed by atoms with Crippen molar-refractivity contribution in [1.82, 2.24) is 5.16 Å². The van der Waals surface area contributed by atoms with Crippen molar-refractivity contribution < 1.29 is 23.9 Å². The molecule has 162 valence electrons. The van der Waals surface area contributed by atoms with E-state index in [1.54, 1.807) is 25.3 Å². The van der Waals surface area contributed by atoms with E-state index in [1.807, 2.05) is 36.4 Å². The van der Waals surface area contributed by atoms with Crippen molar-refractivity contribution in [2.45, 2.75) is 13.5 Å². The number of nitrogens with zero attached hydrogens (tertiary/aromatic N) is 1. The first-order valence-electron chi connectivity index (χ1n) is 10.2. The lowest BCUT2D eigenvalue weighted by Crippen LogP contribution is -2.09. The Hall–Kier alpha value is -3.90. The lowest BCUT2D eigenvalue weighted by atomic mass is 9.92. The van der Waals surface area contributed by atoms with E-state index in [1.165, 1.54) is 0 Å². The van der Waals surface area contributed by atoms with Gasteiger partial charge in [0.25, 0.3) is 0 Å². The van der Waals surface area contributed by atoms with Crippen molar-refractivity contribution in [2.75, 3.05) is 13.7 Å². The lowest BCUT2D eigenvalue weighted by Gasteiger charge is -2.15. The van der Waals surface area contributed by atoms with E-state index in [2.05, 4.69) is 30.3 Å². The van der Waals surface area contributed by atoms with E-state index in [-0.39, 0.29) is 0 Å². The third-order valence-corrected chi connectivity index (χ3v) is 5.24. The molecule has 0 amide bonds. The Morgan fingerprint density at radius 2 is 1.72 bits per heavy atom. The molecule has 1 aromatic heterocycles. The molecule has 4 aromatic rings. The number of hydrogen-bond donors (Lipinski definition) is 1. The van der Waals surface area contributed by atoms with Gasteiger partial charge in [-0.05, 0) is 41.3 Å². The summed E-state index contributed by atoms with van der Waals surface area (Å²) in [6.45, 7) is 2.12. The molecule has 0 saturated heterocycles. The van der Waals surface area contributed by atoms with E-state index in [0.29, 0.717) is 23.8 Å². The van der Waals surface area contributed by atoms with Gasteiger partial charge in [-0.3, -0.25) is 0 Å². The van der Waals surface area contributed by atoms with Gasteiger partial charge in [0, 0.05) is 24.3 Å². The van der Waals surface area contributed by atoms with Crippen molar-refractivity contribution in [3.8, 4) is 39.5 Å². The molecular weight excluding hydrogens is 406 g/mol. The number of hydrogen-bond acceptors (Lipinski definition) is 5. The zero-order valence-corrected chi connectivity index (χ0v) is 17.9. The van der Waals surface area contributed by atoms with Crippen molar-refractivity contribution in [1.29, 1.82) is 0 Å². The Labute approximate surface area is 186 Å². The highest BCUT2D eigenvalue weighted by molar-refractivity contribution is 5.77. The largest absolute Gasteiger partial charge is 0.482 e. The lowest BCUT2D eigenvalue weighted by molar-refractivity contribution is -0.139. The third-order valence-electron chi connectivity index (χ3n) is 5.24. The Bertz CT molecular complexity index is 1230. The summed E-state index contributed by atoms with van der Waals surface area (Å²) < 4.78 is 16.4. The van der Waals surface area contributed by atoms with Crippen LogP contribution in [-0.2, 0) is 16.1 Å². The first-order valence-corrected chi connectivity index (χ1v) is 10.2. The molecule has 0 saturated carbocycles. The molecule has 6 nitrogen and oxygen atoms in total. The summed E-state index contributed by atoms with van der Waals surface area (Å²) in [5, 5.41) is 13.0. The van der Waals surface area contributed by atoms with Crippen LogP contribution in [0.25, 0.3) is 33.7 Å². The van der Waals surface area contributed by atoms with Crippen molar-refractivity contribution in [3.63, 3.8) is 0 Å². The van der Waals surface area contributed by atoms with Crippen LogP contribution in [0.2, 0.25) is 0 Å². The van der Waals surface area contributed by atoms with Gasteiger partial charge in [-0.25, -0.2) is 4.79 Å². The van der Waals surface area contributed by atoms with Crippen LogP contribution in [0, 0.1) is 6.92 Å². The van der Waals surface area contributed by atoms with Crippen LogP contribution in [0.1, 0.15) is 11.1 Å². The topological polar surface area (TPSA) is 81.8 Å². The summed E-state index contributed by atoms with van der Waals surface area (Å²) >= 11 is 0. The zero-order chi connectivity index (χ0) is 22.5. The Morgan fingerprint density at radius 1 is 0.969 bits per heavy atom. The Balaban J connectivity index is 1.69. The van der Waals surface area contributed by atoms with E-state index in [0.717, 1.165) is 33.4 Å². The predicted molar refractivity (Wildman–Crippen MR) is 121 cm³/mol. The van der Waals surface area contributed by atoms with Gasteiger partial charge in [0.15, 0.2) is 12.4 Å². The average molecular weight is 429 g/mol. The van der Waals surface area contributed by atoms with E-state index in [4.69, 9.17) is 19.1 Å². The van der Waals surface area contributed by atoms with Crippen LogP contribution in [0.15, 0.2) is 77.3 Å². The van der Waals surface area contributed by atoms with Crippen LogP contribution < -0.4 is 4.74 Å². The number of aliphatic carboxylic acids is 1. The van der Waals surface area contributed by atoms with Gasteiger partial charge in [-0.1, -0.05) is 59.8 Å². The summed E-state index contributed by atoms with van der Waals surface area (Å²) in [4.78, 5) is 10.8. The minimum Gasteiger partial charge on any atom is -0.482 e. The minimum atomic E-state index is -1.03. The van der Waals surface area contributed by atoms with Crippen LogP contribution in [0.3, 0.4) is 0 Å². The van der Waals surface area contributed by atoms with Crippen LogP contribution in [-0.4, -0.2) is 29.9 Å². The van der Waals surface area contributed by atoms with Crippen LogP contribution in [0.5, 0.6) is 5.75 Å². The maximum Gasteiger partial charge on any atom is 0.341 e. The van der Waals surface area contributed by atoms with Gasteiger partial charge >= 0.3 is 5.97 Å². The summed E-state index contributed by atoms with van der Waals surface area (Å²) in [6, 6.07) is 23.3. The second-order valence-corrected chi connectivity index (χ2v) is 7.35. The van der Waals surface area contributed by atoms with E-state index < -0.39 is 12.6 Å². The van der Waals surface area contributed by atoms with E-state index >= 15 is 0 Å². The van der Waals surface area contributed by atoms with Gasteiger partial charge in [0.1, 0.15) is 11.4 Å². The number of methoxy groups -OCH3 is 1. The number of carboxylic acids is 1. The standard InChI is InChI=1S/C26H23NO5/c1-17-21(18-7-4-3-5-8-18)11-12-22(23(17)15-30-2)25-14-24(27-32-25)19-9-6-10-20(13-19)31-16-26(28)29/h3-14H,15-16H2,1-2H3,(H,28,29). The van der Waals surface area contributed by atoms with Gasteiger partial charge in [-0.2, -0.15) is 0 Å². The highest BCUT2D eigenvalue weighted by Crippen LogP contribution is 2.35. The molecule has 0 aliphatic carbocycles. The second kappa shape index (κ2) is 9.49. The highest BCUT2D eigenvalue weighted by atomic mass is 16.5. The predicted octanol–water partition coefficient (Wildman–Crippen LogP) is 5.59. The molecule has 0 aliphatic rings. The fourth-order valence-corrected chi connectivity index (χ4v) is 3.68. The molecule has 0 atom stereocenters. The van der Waals surface area contributed by atoms with Crippen molar-refractivity contribution in [2.24, 2.45) is 0 Å². The highest BCUT2D eigenvalue weighted by Gasteiger charge is 2.17. The van der Waals surface area contributed by atoms with Gasteiger partial charge in [0.2, 0.25) is 0 Å². The van der Waals surface area contributed by atoms with Crippen molar-refractivity contribution in [3.05, 3.63) is 83.9 Å². The molecule has 0 aliphatic heterocycles. The van der Waals surface area contributed by atoms with Crippen LogP contribution in [0.4, 0.5) is 0 Å². The first kappa shape index (κ1) is 21.3. The first-order chi connectivity index (χ1) is 15.6. The summed E-state index contributed by atoms with van der Waals surface area (Å²) in [7, 11) is 1.67. The SMILES string of the molecule is COCc1c(-c2cc(-c3cccc(OCC(=O)O)c3)no2)ccc(-c2ccccc2)c1C. The fraction of sp³-hybridized carbons (Fsp3) is 0.154. The average Bonchev–Trinajstić information content (AvgIpc) is 3.30. The Kier molecular flexibility index (Phi) is 6.33. The quantitative estimate of drug-likeness (QED) is 0.393. The third kappa shape index (κ3) is 4.55. The molecule has 0 unspecified atom stereocenters. The number of benzene rings is 3. The number of carboxylic acid groups (broad SMARTS) is 1. The van der Waals surface area contributed by atoms with Gasteiger partial charge in [0.05, 0.1) is 6.61 Å². The molecule has 4 rings (SSSR count). The minimum absolute atomic E-state index is 0.402. The van der Waals surface area contributed by atoms with Crippen molar-refractivity contribution >= 4 is 5.97 Å². The molecule has 0 spiro atoms. The normalized spacial score (nSPS) is 10.8. The molecule has 32 heavy (non-hydrogen) atoms. The monoisotopic (exact) mass is 429 g/mol. The molecule has 0 fully saturated rings. The maximum absolute atomic E-state index is 10.8. The molecule has 3 aromatic carbocycles. The number of carbonyl (C=O) groups is 1. The molecule has 0 radical (unpaired) electrons. The van der Waals surface area contributed by atoms with Gasteiger partial charge < -0.3 is 19.1 Å².